The number of nitrogens with one attached hydrogen (secondary N) is 1. The number of pyridine rings is 1. The largest absolute Gasteiger partial charge is 0.314 e. The predicted molar refractivity (Wildman–Crippen MR) is 99.5 cm³/mol. The second-order valence-electron chi connectivity index (χ2n) is 6.09. The average molecular weight is 340 g/mol. The maximum Gasteiger partial charge on any atom is 0.243 e. The van der Waals surface area contributed by atoms with Crippen LogP contribution in [0, 0.1) is 6.92 Å². The Morgan fingerprint density at radius 1 is 1.12 bits per heavy atom. The van der Waals surface area contributed by atoms with E-state index >= 15 is 0 Å². The fourth-order valence-electron chi connectivity index (χ4n) is 2.34. The van der Waals surface area contributed by atoms with E-state index in [0.29, 0.717) is 5.82 Å². The zero-order valence-electron chi connectivity index (χ0n) is 15.1. The molecule has 0 saturated carbocycles. The Kier molecular flexibility index (Phi) is 6.25. The van der Waals surface area contributed by atoms with Crippen LogP contribution in [0.5, 0.6) is 0 Å². The molecule has 1 heterocycles. The van der Waals surface area contributed by atoms with Gasteiger partial charge in [-0.05, 0) is 44.7 Å². The van der Waals surface area contributed by atoms with Crippen molar-refractivity contribution in [1.82, 2.24) is 9.88 Å². The number of carbonyl (C=O) groups is 2. The lowest BCUT2D eigenvalue weighted by atomic mass is 10.2. The van der Waals surface area contributed by atoms with Gasteiger partial charge in [-0.25, -0.2) is 4.98 Å². The van der Waals surface area contributed by atoms with E-state index in [4.69, 9.17) is 0 Å². The smallest absolute Gasteiger partial charge is 0.243 e. The molecular weight excluding hydrogens is 316 g/mol. The van der Waals surface area contributed by atoms with Gasteiger partial charge in [-0.2, -0.15) is 0 Å². The number of anilines is 2. The summed E-state index contributed by atoms with van der Waals surface area (Å²) >= 11 is 0. The molecule has 25 heavy (non-hydrogen) atoms. The zero-order chi connectivity index (χ0) is 18.4. The Labute approximate surface area is 148 Å². The Morgan fingerprint density at radius 3 is 2.40 bits per heavy atom. The highest BCUT2D eigenvalue weighted by Gasteiger charge is 2.24. The number of aromatic nitrogens is 1. The van der Waals surface area contributed by atoms with Crippen molar-refractivity contribution in [2.24, 2.45) is 0 Å². The van der Waals surface area contributed by atoms with E-state index in [1.165, 1.54) is 0 Å². The molecule has 0 bridgehead atoms. The molecule has 0 spiro atoms. The van der Waals surface area contributed by atoms with Gasteiger partial charge < -0.3 is 10.2 Å². The zero-order valence-corrected chi connectivity index (χ0v) is 15.1. The van der Waals surface area contributed by atoms with Crippen LogP contribution in [0.1, 0.15) is 12.5 Å². The number of hydrogen-bond donors (Lipinski definition) is 1. The number of likely N-dealkylation sites (N-methyl/N-ethyl adjacent to an activating group) is 2. The number of amides is 2. The van der Waals surface area contributed by atoms with Gasteiger partial charge in [0.05, 0.1) is 12.6 Å². The lowest BCUT2D eigenvalue weighted by molar-refractivity contribution is -0.124. The molecule has 0 aliphatic rings. The highest BCUT2D eigenvalue weighted by Crippen LogP contribution is 2.13. The van der Waals surface area contributed by atoms with Crippen LogP contribution < -0.4 is 10.2 Å². The molecule has 1 atom stereocenters. The third kappa shape index (κ3) is 5.12. The van der Waals surface area contributed by atoms with Crippen molar-refractivity contribution in [2.45, 2.75) is 19.9 Å². The minimum absolute atomic E-state index is 0.0741. The van der Waals surface area contributed by atoms with Crippen LogP contribution in [0.2, 0.25) is 0 Å². The normalized spacial score (nSPS) is 11.9. The number of benzene rings is 1. The van der Waals surface area contributed by atoms with Crippen LogP contribution in [0.15, 0.2) is 48.7 Å². The first-order valence-corrected chi connectivity index (χ1v) is 8.14. The van der Waals surface area contributed by atoms with Gasteiger partial charge in [0.2, 0.25) is 11.8 Å². The van der Waals surface area contributed by atoms with Gasteiger partial charge >= 0.3 is 0 Å². The molecule has 1 N–H and O–H groups in total. The Morgan fingerprint density at radius 2 is 1.80 bits per heavy atom. The summed E-state index contributed by atoms with van der Waals surface area (Å²) in [6, 6.07) is 12.6. The van der Waals surface area contributed by atoms with Crippen molar-refractivity contribution in [3.05, 3.63) is 54.2 Å². The van der Waals surface area contributed by atoms with E-state index in [0.717, 1.165) is 11.3 Å². The third-order valence-electron chi connectivity index (χ3n) is 4.06. The summed E-state index contributed by atoms with van der Waals surface area (Å²) in [6.45, 7) is 3.83. The summed E-state index contributed by atoms with van der Waals surface area (Å²) in [4.78, 5) is 32.2. The monoisotopic (exact) mass is 340 g/mol. The number of carbonyl (C=O) groups excluding carboxylic acids is 2. The molecule has 2 rings (SSSR count). The molecule has 1 aromatic heterocycles. The topological polar surface area (TPSA) is 65.5 Å². The lowest BCUT2D eigenvalue weighted by Gasteiger charge is -2.27. The lowest BCUT2D eigenvalue weighted by Crippen LogP contribution is -2.46. The van der Waals surface area contributed by atoms with Crippen molar-refractivity contribution in [2.75, 3.05) is 30.9 Å². The van der Waals surface area contributed by atoms with E-state index in [2.05, 4.69) is 10.3 Å². The van der Waals surface area contributed by atoms with E-state index < -0.39 is 6.04 Å². The minimum Gasteiger partial charge on any atom is -0.314 e. The number of hydrogen-bond acceptors (Lipinski definition) is 4. The van der Waals surface area contributed by atoms with E-state index in [9.17, 15) is 9.59 Å². The van der Waals surface area contributed by atoms with Crippen LogP contribution in [0.25, 0.3) is 0 Å². The van der Waals surface area contributed by atoms with Gasteiger partial charge in [0.1, 0.15) is 5.82 Å². The van der Waals surface area contributed by atoms with Crippen molar-refractivity contribution < 1.29 is 9.59 Å². The van der Waals surface area contributed by atoms with Gasteiger partial charge in [0, 0.05) is 18.9 Å². The minimum atomic E-state index is -0.429. The van der Waals surface area contributed by atoms with E-state index in [-0.39, 0.29) is 18.4 Å². The molecule has 0 saturated heterocycles. The molecule has 6 nitrogen and oxygen atoms in total. The maximum atomic E-state index is 12.6. The highest BCUT2D eigenvalue weighted by atomic mass is 16.2. The summed E-state index contributed by atoms with van der Waals surface area (Å²) in [5, 5.41) is 2.74. The average Bonchev–Trinajstić information content (AvgIpc) is 2.62. The van der Waals surface area contributed by atoms with Gasteiger partial charge in [-0.1, -0.05) is 24.3 Å². The second kappa shape index (κ2) is 8.39. The van der Waals surface area contributed by atoms with Gasteiger partial charge in [0.25, 0.3) is 0 Å². The first kappa shape index (κ1) is 18.6. The molecule has 0 fully saturated rings. The Hall–Kier alpha value is -2.73. The van der Waals surface area contributed by atoms with Crippen molar-refractivity contribution >= 4 is 23.3 Å². The quantitative estimate of drug-likeness (QED) is 0.876. The summed E-state index contributed by atoms with van der Waals surface area (Å²) in [5.74, 6) is 0.222. The molecule has 2 amide bonds. The molecule has 0 aliphatic carbocycles. The SMILES string of the molecule is Cc1ccc(NC(=O)CN(C)C(C)C(=O)N(C)c2ccccc2)nc1. The van der Waals surface area contributed by atoms with E-state index in [1.54, 1.807) is 43.1 Å². The van der Waals surface area contributed by atoms with Crippen molar-refractivity contribution in [3.8, 4) is 0 Å². The van der Waals surface area contributed by atoms with Crippen LogP contribution >= 0.6 is 0 Å². The van der Waals surface area contributed by atoms with Gasteiger partial charge in [-0.15, -0.1) is 0 Å². The van der Waals surface area contributed by atoms with Gasteiger partial charge in [0.15, 0.2) is 0 Å². The standard InChI is InChI=1S/C19H24N4O2/c1-14-10-11-17(20-12-14)21-18(24)13-22(3)15(2)19(25)23(4)16-8-6-5-7-9-16/h5-12,15H,13H2,1-4H3,(H,20,21,24). The summed E-state index contributed by atoms with van der Waals surface area (Å²) in [6.07, 6.45) is 1.69. The second-order valence-corrected chi connectivity index (χ2v) is 6.09. The van der Waals surface area contributed by atoms with Crippen molar-refractivity contribution in [3.63, 3.8) is 0 Å². The fourth-order valence-corrected chi connectivity index (χ4v) is 2.34. The van der Waals surface area contributed by atoms with Crippen LogP contribution in [0.3, 0.4) is 0 Å². The number of aryl methyl sites for hydroxylation is 1. The number of rotatable bonds is 6. The third-order valence-corrected chi connectivity index (χ3v) is 4.06. The Balaban J connectivity index is 1.92. The molecule has 2 aromatic rings. The first-order chi connectivity index (χ1) is 11.9. The molecule has 1 unspecified atom stereocenters. The summed E-state index contributed by atoms with van der Waals surface area (Å²) in [7, 11) is 3.49. The van der Waals surface area contributed by atoms with Crippen molar-refractivity contribution in [1.29, 1.82) is 0 Å². The number of para-hydroxylation sites is 1. The van der Waals surface area contributed by atoms with Crippen LogP contribution in [0.4, 0.5) is 11.5 Å². The predicted octanol–water partition coefficient (Wildman–Crippen LogP) is 2.31. The fraction of sp³-hybridized carbons (Fsp3) is 0.316. The summed E-state index contributed by atoms with van der Waals surface area (Å²) < 4.78 is 0. The highest BCUT2D eigenvalue weighted by molar-refractivity contribution is 5.97. The van der Waals surface area contributed by atoms with Crippen LogP contribution in [-0.4, -0.2) is 48.4 Å². The number of nitrogens with zero attached hydrogens (tertiary/aromatic N) is 3. The molecule has 0 aliphatic heterocycles. The molecule has 132 valence electrons. The van der Waals surface area contributed by atoms with Gasteiger partial charge in [-0.3, -0.25) is 14.5 Å². The summed E-state index contributed by atoms with van der Waals surface area (Å²) in [5.41, 5.74) is 1.85. The molecule has 1 aromatic carbocycles. The first-order valence-electron chi connectivity index (χ1n) is 8.14. The van der Waals surface area contributed by atoms with Crippen LogP contribution in [-0.2, 0) is 9.59 Å². The molecule has 6 heteroatoms. The molecular formula is C19H24N4O2. The molecule has 0 radical (unpaired) electrons. The van der Waals surface area contributed by atoms with E-state index in [1.807, 2.05) is 43.3 Å². The maximum absolute atomic E-state index is 12.6. The Bertz CT molecular complexity index is 716.